The molecule has 22 heavy (non-hydrogen) atoms. The first-order chi connectivity index (χ1) is 10.6. The summed E-state index contributed by atoms with van der Waals surface area (Å²) in [5.74, 6) is 0.453. The van der Waals surface area contributed by atoms with Gasteiger partial charge in [-0.05, 0) is 18.4 Å². The minimum atomic E-state index is -0.0549. The monoisotopic (exact) mass is 321 g/mol. The van der Waals surface area contributed by atoms with Crippen LogP contribution in [0.1, 0.15) is 27.0 Å². The Labute approximate surface area is 133 Å². The SMILES string of the molecule is COc1c(C(=O)N2CCO[C@H](c3cccs3)C2)c(C)nn1C. The number of thiophene rings is 1. The van der Waals surface area contributed by atoms with E-state index in [0.717, 1.165) is 4.88 Å². The van der Waals surface area contributed by atoms with Crippen LogP contribution in [-0.4, -0.2) is 47.4 Å². The van der Waals surface area contributed by atoms with Crippen molar-refractivity contribution in [1.29, 1.82) is 0 Å². The van der Waals surface area contributed by atoms with Crippen molar-refractivity contribution in [3.05, 3.63) is 33.6 Å². The molecular weight excluding hydrogens is 302 g/mol. The Hall–Kier alpha value is -1.86. The van der Waals surface area contributed by atoms with Crippen molar-refractivity contribution in [3.63, 3.8) is 0 Å². The zero-order valence-electron chi connectivity index (χ0n) is 12.9. The smallest absolute Gasteiger partial charge is 0.261 e. The van der Waals surface area contributed by atoms with Gasteiger partial charge in [0.15, 0.2) is 0 Å². The molecular formula is C15H19N3O3S. The van der Waals surface area contributed by atoms with E-state index in [1.54, 1.807) is 30.2 Å². The molecule has 0 spiro atoms. The summed E-state index contributed by atoms with van der Waals surface area (Å²) in [5, 5.41) is 6.30. The van der Waals surface area contributed by atoms with Crippen molar-refractivity contribution < 1.29 is 14.3 Å². The number of ether oxygens (including phenoxy) is 2. The molecule has 1 saturated heterocycles. The number of aryl methyl sites for hydroxylation is 2. The van der Waals surface area contributed by atoms with E-state index in [2.05, 4.69) is 5.10 Å². The minimum absolute atomic E-state index is 0.0488. The lowest BCUT2D eigenvalue weighted by Crippen LogP contribution is -2.42. The van der Waals surface area contributed by atoms with E-state index in [1.165, 1.54) is 0 Å². The number of aromatic nitrogens is 2. The summed E-state index contributed by atoms with van der Waals surface area (Å²) in [4.78, 5) is 15.8. The number of hydrogen-bond acceptors (Lipinski definition) is 5. The first-order valence-electron chi connectivity index (χ1n) is 7.13. The Balaban J connectivity index is 1.83. The highest BCUT2D eigenvalue weighted by molar-refractivity contribution is 7.10. The quantitative estimate of drug-likeness (QED) is 0.868. The Bertz CT molecular complexity index is 666. The largest absolute Gasteiger partial charge is 0.481 e. The molecule has 0 unspecified atom stereocenters. The van der Waals surface area contributed by atoms with E-state index < -0.39 is 0 Å². The lowest BCUT2D eigenvalue weighted by molar-refractivity contribution is -0.0213. The Morgan fingerprint density at radius 2 is 2.36 bits per heavy atom. The summed E-state index contributed by atoms with van der Waals surface area (Å²) in [6, 6.07) is 4.04. The van der Waals surface area contributed by atoms with Crippen LogP contribution in [0.2, 0.25) is 0 Å². The van der Waals surface area contributed by atoms with Gasteiger partial charge in [-0.25, -0.2) is 4.68 Å². The molecule has 1 amide bonds. The molecule has 6 nitrogen and oxygen atoms in total. The summed E-state index contributed by atoms with van der Waals surface area (Å²) in [6.07, 6.45) is -0.0549. The third-order valence-electron chi connectivity index (χ3n) is 3.79. The Morgan fingerprint density at radius 3 is 3.05 bits per heavy atom. The van der Waals surface area contributed by atoms with Crippen LogP contribution in [0.3, 0.4) is 0 Å². The number of methoxy groups -OCH3 is 1. The number of carbonyl (C=O) groups is 1. The second-order valence-corrected chi connectivity index (χ2v) is 6.20. The molecule has 1 aliphatic heterocycles. The zero-order valence-corrected chi connectivity index (χ0v) is 13.7. The molecule has 2 aromatic heterocycles. The van der Waals surface area contributed by atoms with E-state index in [-0.39, 0.29) is 12.0 Å². The summed E-state index contributed by atoms with van der Waals surface area (Å²) in [5.41, 5.74) is 1.22. The van der Waals surface area contributed by atoms with Crippen LogP contribution in [-0.2, 0) is 11.8 Å². The summed E-state index contributed by atoms with van der Waals surface area (Å²) in [6.45, 7) is 3.50. The first kappa shape index (κ1) is 15.1. The second-order valence-electron chi connectivity index (χ2n) is 5.22. The van der Waals surface area contributed by atoms with Gasteiger partial charge in [0.1, 0.15) is 11.7 Å². The van der Waals surface area contributed by atoms with E-state index in [9.17, 15) is 4.79 Å². The normalized spacial score (nSPS) is 18.5. The number of rotatable bonds is 3. The molecule has 0 aliphatic carbocycles. The van der Waals surface area contributed by atoms with E-state index >= 15 is 0 Å². The molecule has 0 radical (unpaired) electrons. The van der Waals surface area contributed by atoms with Gasteiger partial charge < -0.3 is 14.4 Å². The number of morpholine rings is 1. The molecule has 1 aliphatic rings. The molecule has 0 saturated carbocycles. The summed E-state index contributed by atoms with van der Waals surface area (Å²) < 4.78 is 12.7. The molecule has 0 bridgehead atoms. The molecule has 0 N–H and O–H groups in total. The van der Waals surface area contributed by atoms with E-state index in [0.29, 0.717) is 36.8 Å². The summed E-state index contributed by atoms with van der Waals surface area (Å²) in [7, 11) is 3.33. The zero-order chi connectivity index (χ0) is 15.7. The van der Waals surface area contributed by atoms with Crippen molar-refractivity contribution >= 4 is 17.2 Å². The van der Waals surface area contributed by atoms with E-state index in [4.69, 9.17) is 9.47 Å². The van der Waals surface area contributed by atoms with Gasteiger partial charge in [-0.1, -0.05) is 6.07 Å². The van der Waals surface area contributed by atoms with Crippen LogP contribution in [0.4, 0.5) is 0 Å². The maximum atomic E-state index is 12.9. The second kappa shape index (κ2) is 6.10. The van der Waals surface area contributed by atoms with Crippen LogP contribution in [0.5, 0.6) is 5.88 Å². The molecule has 118 valence electrons. The number of amides is 1. The maximum Gasteiger partial charge on any atom is 0.261 e. The molecule has 1 fully saturated rings. The highest BCUT2D eigenvalue weighted by atomic mass is 32.1. The maximum absolute atomic E-state index is 12.9. The molecule has 3 rings (SSSR count). The molecule has 2 aromatic rings. The fourth-order valence-electron chi connectivity index (χ4n) is 2.76. The highest BCUT2D eigenvalue weighted by Gasteiger charge is 2.31. The lowest BCUT2D eigenvalue weighted by atomic mass is 10.1. The van der Waals surface area contributed by atoms with Gasteiger partial charge in [-0.15, -0.1) is 11.3 Å². The van der Waals surface area contributed by atoms with Gasteiger partial charge in [0.05, 0.1) is 26.0 Å². The fraction of sp³-hybridized carbons (Fsp3) is 0.467. The van der Waals surface area contributed by atoms with Crippen molar-refractivity contribution in [2.24, 2.45) is 7.05 Å². The molecule has 1 atom stereocenters. The Morgan fingerprint density at radius 1 is 1.55 bits per heavy atom. The van der Waals surface area contributed by atoms with Crippen LogP contribution >= 0.6 is 11.3 Å². The van der Waals surface area contributed by atoms with Gasteiger partial charge in [-0.2, -0.15) is 5.10 Å². The highest BCUT2D eigenvalue weighted by Crippen LogP contribution is 2.29. The average Bonchev–Trinajstić information content (AvgIpc) is 3.14. The molecule has 7 heteroatoms. The van der Waals surface area contributed by atoms with Gasteiger partial charge in [-0.3, -0.25) is 4.79 Å². The van der Waals surface area contributed by atoms with Gasteiger partial charge in [0.2, 0.25) is 5.88 Å². The number of nitrogens with zero attached hydrogens (tertiary/aromatic N) is 3. The predicted molar refractivity (Wildman–Crippen MR) is 83.4 cm³/mol. The van der Waals surface area contributed by atoms with Gasteiger partial charge in [0.25, 0.3) is 5.91 Å². The standard InChI is InChI=1S/C15H19N3O3S/c1-10-13(15(20-3)17(2)16-10)14(19)18-6-7-21-11(9-18)12-5-4-8-22-12/h4-5,8,11H,6-7,9H2,1-3H3/t11-/m0/s1. The first-order valence-corrected chi connectivity index (χ1v) is 8.01. The number of carbonyl (C=O) groups excluding carboxylic acids is 1. The fourth-order valence-corrected chi connectivity index (χ4v) is 3.52. The Kier molecular flexibility index (Phi) is 4.17. The van der Waals surface area contributed by atoms with Crippen molar-refractivity contribution in [2.75, 3.05) is 26.8 Å². The average molecular weight is 321 g/mol. The van der Waals surface area contributed by atoms with E-state index in [1.807, 2.05) is 29.3 Å². The van der Waals surface area contributed by atoms with Crippen molar-refractivity contribution in [1.82, 2.24) is 14.7 Å². The third kappa shape index (κ3) is 2.62. The van der Waals surface area contributed by atoms with Crippen LogP contribution in [0.15, 0.2) is 17.5 Å². The van der Waals surface area contributed by atoms with Crippen LogP contribution in [0, 0.1) is 6.92 Å². The topological polar surface area (TPSA) is 56.6 Å². The predicted octanol–water partition coefficient (Wildman–Crippen LogP) is 2.01. The molecule has 0 aromatic carbocycles. The van der Waals surface area contributed by atoms with Crippen LogP contribution < -0.4 is 4.74 Å². The third-order valence-corrected chi connectivity index (χ3v) is 4.76. The summed E-state index contributed by atoms with van der Waals surface area (Å²) >= 11 is 1.65. The van der Waals surface area contributed by atoms with Crippen molar-refractivity contribution in [2.45, 2.75) is 13.0 Å². The number of hydrogen-bond donors (Lipinski definition) is 0. The van der Waals surface area contributed by atoms with Gasteiger partial charge >= 0.3 is 0 Å². The van der Waals surface area contributed by atoms with Gasteiger partial charge in [0, 0.05) is 18.5 Å². The minimum Gasteiger partial charge on any atom is -0.481 e. The van der Waals surface area contributed by atoms with Crippen LogP contribution in [0.25, 0.3) is 0 Å². The lowest BCUT2D eigenvalue weighted by Gasteiger charge is -2.32. The molecule has 3 heterocycles. The van der Waals surface area contributed by atoms with Crippen molar-refractivity contribution in [3.8, 4) is 5.88 Å².